The molecule has 0 radical (unpaired) electrons. The number of phenolic OH excluding ortho intramolecular Hbond substituents is 1. The smallest absolute Gasteiger partial charge is 0.252 e. The maximum absolute atomic E-state index is 12.6. The van der Waals surface area contributed by atoms with Crippen LogP contribution in [-0.2, 0) is 13.0 Å². The number of aromatic nitrogens is 2. The van der Waals surface area contributed by atoms with Crippen molar-refractivity contribution in [3.05, 3.63) is 81.6 Å². The molecule has 9 heteroatoms. The van der Waals surface area contributed by atoms with Gasteiger partial charge >= 0.3 is 0 Å². The maximum Gasteiger partial charge on any atom is 0.252 e. The number of rotatable bonds is 7. The van der Waals surface area contributed by atoms with Crippen LogP contribution in [0.2, 0.25) is 10.0 Å². The second-order valence-electron chi connectivity index (χ2n) is 7.15. The quantitative estimate of drug-likeness (QED) is 0.312. The number of carbonyl (C=O) groups is 1. The Kier molecular flexibility index (Phi) is 6.39. The molecule has 164 valence electrons. The lowest BCUT2D eigenvalue weighted by Gasteiger charge is -2.12. The van der Waals surface area contributed by atoms with Crippen molar-refractivity contribution in [2.45, 2.75) is 13.0 Å². The number of nitrogens with two attached hydrogens (primary N) is 1. The molecule has 4 rings (SSSR count). The molecule has 0 bridgehead atoms. The number of benzene rings is 2. The molecular formula is C23H20Cl2N4O3. The van der Waals surface area contributed by atoms with Crippen LogP contribution in [0.4, 0.5) is 5.82 Å². The van der Waals surface area contributed by atoms with E-state index >= 15 is 0 Å². The fourth-order valence-electron chi connectivity index (χ4n) is 3.30. The van der Waals surface area contributed by atoms with Gasteiger partial charge < -0.3 is 25.9 Å². The number of fused-ring (bicyclic) bond motifs is 1. The summed E-state index contributed by atoms with van der Waals surface area (Å²) in [6.07, 6.45) is 3.85. The summed E-state index contributed by atoms with van der Waals surface area (Å²) in [4.78, 5) is 19.8. The summed E-state index contributed by atoms with van der Waals surface area (Å²) in [5.41, 5.74) is 8.75. The molecule has 0 fully saturated rings. The van der Waals surface area contributed by atoms with Gasteiger partial charge in [0.1, 0.15) is 12.4 Å². The van der Waals surface area contributed by atoms with Crippen molar-refractivity contribution in [2.24, 2.45) is 0 Å². The fourth-order valence-corrected chi connectivity index (χ4v) is 3.81. The molecule has 4 aromatic rings. The Labute approximate surface area is 194 Å². The van der Waals surface area contributed by atoms with Gasteiger partial charge in [0.05, 0.1) is 5.56 Å². The summed E-state index contributed by atoms with van der Waals surface area (Å²) in [6.45, 7) is 0.486. The van der Waals surface area contributed by atoms with E-state index in [1.807, 2.05) is 12.3 Å². The number of anilines is 1. The highest BCUT2D eigenvalue weighted by atomic mass is 35.5. The molecular weight excluding hydrogens is 451 g/mol. The maximum atomic E-state index is 12.6. The molecule has 5 N–H and O–H groups in total. The molecule has 2 heterocycles. The number of nitrogens with zero attached hydrogens (tertiary/aromatic N) is 1. The first-order valence-electron chi connectivity index (χ1n) is 9.81. The summed E-state index contributed by atoms with van der Waals surface area (Å²) < 4.78 is 5.73. The predicted molar refractivity (Wildman–Crippen MR) is 125 cm³/mol. The van der Waals surface area contributed by atoms with Gasteiger partial charge in [0.25, 0.3) is 5.91 Å². The lowest BCUT2D eigenvalue weighted by Crippen LogP contribution is -2.26. The Morgan fingerprint density at radius 3 is 2.75 bits per heavy atom. The van der Waals surface area contributed by atoms with Crippen molar-refractivity contribution >= 4 is 45.8 Å². The number of pyridine rings is 1. The SMILES string of the molecule is Nc1ncc(C(=O)NCCc2c[nH]c3ccc(O)cc23)cc1OCc1c(Cl)cccc1Cl. The number of nitrogen functional groups attached to an aromatic ring is 1. The molecule has 7 nitrogen and oxygen atoms in total. The topological polar surface area (TPSA) is 113 Å². The van der Waals surface area contributed by atoms with E-state index in [4.69, 9.17) is 33.7 Å². The first kappa shape index (κ1) is 21.8. The molecule has 0 saturated heterocycles. The number of H-pyrrole nitrogens is 1. The molecule has 0 saturated carbocycles. The van der Waals surface area contributed by atoms with Crippen LogP contribution < -0.4 is 15.8 Å². The Hall–Kier alpha value is -3.42. The van der Waals surface area contributed by atoms with E-state index in [0.29, 0.717) is 34.1 Å². The van der Waals surface area contributed by atoms with E-state index in [0.717, 1.165) is 16.5 Å². The Balaban J connectivity index is 1.40. The van der Waals surface area contributed by atoms with Crippen LogP contribution in [0.25, 0.3) is 10.9 Å². The van der Waals surface area contributed by atoms with Gasteiger partial charge in [-0.15, -0.1) is 0 Å². The molecule has 2 aromatic carbocycles. The van der Waals surface area contributed by atoms with Gasteiger partial charge in [0.2, 0.25) is 0 Å². The molecule has 0 atom stereocenters. The van der Waals surface area contributed by atoms with Gasteiger partial charge in [-0.1, -0.05) is 29.3 Å². The van der Waals surface area contributed by atoms with Crippen LogP contribution >= 0.6 is 23.2 Å². The average molecular weight is 471 g/mol. The standard InChI is InChI=1S/C23H20Cl2N4O3/c24-18-2-1-3-19(25)17(18)12-32-21-8-14(11-29-22(21)26)23(31)27-7-6-13-10-28-20-5-4-15(30)9-16(13)20/h1-5,8-11,28,30H,6-7,12H2,(H2,26,29)(H,27,31). The minimum Gasteiger partial charge on any atom is -0.508 e. The van der Waals surface area contributed by atoms with Crippen molar-refractivity contribution in [3.63, 3.8) is 0 Å². The average Bonchev–Trinajstić information content (AvgIpc) is 3.16. The fraction of sp³-hybridized carbons (Fsp3) is 0.130. The number of phenols is 1. The number of ether oxygens (including phenoxy) is 1. The van der Waals surface area contributed by atoms with Crippen LogP contribution in [0.3, 0.4) is 0 Å². The minimum atomic E-state index is -0.305. The number of aromatic hydroxyl groups is 1. The third kappa shape index (κ3) is 4.74. The van der Waals surface area contributed by atoms with Gasteiger partial charge in [0, 0.05) is 45.5 Å². The number of carbonyl (C=O) groups excluding carboxylic acids is 1. The second kappa shape index (κ2) is 9.38. The van der Waals surface area contributed by atoms with Crippen molar-refractivity contribution in [1.82, 2.24) is 15.3 Å². The van der Waals surface area contributed by atoms with E-state index in [9.17, 15) is 9.90 Å². The highest BCUT2D eigenvalue weighted by Gasteiger charge is 2.13. The summed E-state index contributed by atoms with van der Waals surface area (Å²) in [7, 11) is 0. The molecule has 1 amide bonds. The highest BCUT2D eigenvalue weighted by Crippen LogP contribution is 2.28. The lowest BCUT2D eigenvalue weighted by atomic mass is 10.1. The van der Waals surface area contributed by atoms with Gasteiger partial charge in [-0.25, -0.2) is 4.98 Å². The summed E-state index contributed by atoms with van der Waals surface area (Å²) in [5.74, 6) is 0.311. The van der Waals surface area contributed by atoms with Crippen LogP contribution in [0.15, 0.2) is 54.9 Å². The number of aromatic amines is 1. The van der Waals surface area contributed by atoms with Crippen molar-refractivity contribution < 1.29 is 14.6 Å². The number of hydrogen-bond donors (Lipinski definition) is 4. The van der Waals surface area contributed by atoms with E-state index in [2.05, 4.69) is 15.3 Å². The third-order valence-corrected chi connectivity index (χ3v) is 5.72. The Morgan fingerprint density at radius 2 is 1.97 bits per heavy atom. The number of halogens is 2. The van der Waals surface area contributed by atoms with E-state index < -0.39 is 0 Å². The van der Waals surface area contributed by atoms with Crippen LogP contribution in [0.1, 0.15) is 21.5 Å². The summed E-state index contributed by atoms with van der Waals surface area (Å²) >= 11 is 12.3. The normalized spacial score (nSPS) is 10.9. The summed E-state index contributed by atoms with van der Waals surface area (Å²) in [5, 5.41) is 14.4. The van der Waals surface area contributed by atoms with Gasteiger partial charge in [-0.2, -0.15) is 0 Å². The van der Waals surface area contributed by atoms with E-state index in [1.54, 1.807) is 30.3 Å². The molecule has 32 heavy (non-hydrogen) atoms. The molecule has 0 aliphatic rings. The number of hydrogen-bond acceptors (Lipinski definition) is 5. The van der Waals surface area contributed by atoms with E-state index in [1.165, 1.54) is 12.3 Å². The lowest BCUT2D eigenvalue weighted by molar-refractivity contribution is 0.0953. The Bertz CT molecular complexity index is 1270. The number of nitrogens with one attached hydrogen (secondary N) is 2. The Morgan fingerprint density at radius 1 is 1.19 bits per heavy atom. The number of amides is 1. The zero-order valence-corrected chi connectivity index (χ0v) is 18.4. The third-order valence-electron chi connectivity index (χ3n) is 5.01. The van der Waals surface area contributed by atoms with Gasteiger partial charge in [0.15, 0.2) is 11.6 Å². The first-order chi connectivity index (χ1) is 15.4. The zero-order valence-electron chi connectivity index (χ0n) is 16.9. The summed E-state index contributed by atoms with van der Waals surface area (Å²) in [6, 6.07) is 11.8. The van der Waals surface area contributed by atoms with Crippen molar-refractivity contribution in [3.8, 4) is 11.5 Å². The van der Waals surface area contributed by atoms with Crippen LogP contribution in [0, 0.1) is 0 Å². The predicted octanol–water partition coefficient (Wildman–Crippen LogP) is 4.71. The molecule has 0 aliphatic heterocycles. The van der Waals surface area contributed by atoms with E-state index in [-0.39, 0.29) is 29.8 Å². The molecule has 0 aliphatic carbocycles. The molecule has 2 aromatic heterocycles. The van der Waals surface area contributed by atoms with Crippen molar-refractivity contribution in [1.29, 1.82) is 0 Å². The first-order valence-corrected chi connectivity index (χ1v) is 10.6. The zero-order chi connectivity index (χ0) is 22.7. The molecule has 0 spiro atoms. The van der Waals surface area contributed by atoms with Gasteiger partial charge in [-0.3, -0.25) is 4.79 Å². The van der Waals surface area contributed by atoms with Gasteiger partial charge in [-0.05, 0) is 48.4 Å². The van der Waals surface area contributed by atoms with Crippen LogP contribution in [-0.4, -0.2) is 27.5 Å². The monoisotopic (exact) mass is 470 g/mol. The minimum absolute atomic E-state index is 0.0862. The van der Waals surface area contributed by atoms with Crippen LogP contribution in [0.5, 0.6) is 11.5 Å². The highest BCUT2D eigenvalue weighted by molar-refractivity contribution is 6.35. The second-order valence-corrected chi connectivity index (χ2v) is 7.96. The molecule has 0 unspecified atom stereocenters. The van der Waals surface area contributed by atoms with Crippen molar-refractivity contribution in [2.75, 3.05) is 12.3 Å². The largest absolute Gasteiger partial charge is 0.508 e.